The Hall–Kier alpha value is -2.16. The average molecular weight is 282 g/mol. The van der Waals surface area contributed by atoms with Gasteiger partial charge in [0.15, 0.2) is 0 Å². The fourth-order valence-corrected chi connectivity index (χ4v) is 2.52. The number of benzene rings is 1. The Morgan fingerprint density at radius 3 is 2.57 bits per heavy atom. The maximum absolute atomic E-state index is 12.7. The lowest BCUT2D eigenvalue weighted by molar-refractivity contribution is -0.132. The van der Waals surface area contributed by atoms with Crippen LogP contribution < -0.4 is 0 Å². The minimum absolute atomic E-state index is 0.0575. The first-order valence-electron chi connectivity index (χ1n) is 7.41. The van der Waals surface area contributed by atoms with Crippen molar-refractivity contribution in [1.82, 2.24) is 9.88 Å². The fraction of sp³-hybridized carbons (Fsp3) is 0.333. The molecule has 21 heavy (non-hydrogen) atoms. The molecule has 1 aromatic carbocycles. The van der Waals surface area contributed by atoms with E-state index >= 15 is 0 Å². The van der Waals surface area contributed by atoms with E-state index in [4.69, 9.17) is 0 Å². The maximum atomic E-state index is 12.7. The average Bonchev–Trinajstić information content (AvgIpc) is 2.53. The Labute approximate surface area is 126 Å². The summed E-state index contributed by atoms with van der Waals surface area (Å²) in [5.41, 5.74) is 2.15. The van der Waals surface area contributed by atoms with Crippen LogP contribution in [0.3, 0.4) is 0 Å². The zero-order chi connectivity index (χ0) is 15.1. The van der Waals surface area contributed by atoms with E-state index in [-0.39, 0.29) is 11.8 Å². The molecule has 0 spiro atoms. The van der Waals surface area contributed by atoms with E-state index < -0.39 is 0 Å². The summed E-state index contributed by atoms with van der Waals surface area (Å²) in [4.78, 5) is 18.6. The Kier molecular flexibility index (Phi) is 5.50. The van der Waals surface area contributed by atoms with Gasteiger partial charge in [0.25, 0.3) is 0 Å². The van der Waals surface area contributed by atoms with E-state index in [1.54, 1.807) is 17.3 Å². The largest absolute Gasteiger partial charge is 0.341 e. The summed E-state index contributed by atoms with van der Waals surface area (Å²) >= 11 is 0. The highest BCUT2D eigenvalue weighted by molar-refractivity contribution is 5.83. The van der Waals surface area contributed by atoms with Crippen molar-refractivity contribution in [1.29, 1.82) is 0 Å². The third kappa shape index (κ3) is 4.15. The normalized spacial score (nSPS) is 11.9. The minimum Gasteiger partial charge on any atom is -0.341 e. The molecule has 3 heteroatoms. The molecule has 0 bridgehead atoms. The first kappa shape index (κ1) is 15.2. The summed E-state index contributed by atoms with van der Waals surface area (Å²) in [5, 5.41) is 0. The van der Waals surface area contributed by atoms with Gasteiger partial charge < -0.3 is 4.90 Å². The minimum atomic E-state index is -0.0575. The molecule has 1 amide bonds. The molecule has 0 N–H and O–H groups in total. The third-order valence-electron chi connectivity index (χ3n) is 3.60. The Morgan fingerprint density at radius 2 is 1.95 bits per heavy atom. The van der Waals surface area contributed by atoms with Crippen molar-refractivity contribution >= 4 is 5.91 Å². The molecular weight excluding hydrogens is 260 g/mol. The highest BCUT2D eigenvalue weighted by atomic mass is 16.2. The number of carbonyl (C=O) groups is 1. The van der Waals surface area contributed by atoms with Crippen LogP contribution in [0.25, 0.3) is 0 Å². The number of aromatic nitrogens is 1. The molecule has 0 aliphatic carbocycles. The molecule has 0 saturated heterocycles. The zero-order valence-corrected chi connectivity index (χ0v) is 12.7. The number of rotatable bonds is 6. The second kappa shape index (κ2) is 7.58. The number of hydrogen-bond acceptors (Lipinski definition) is 2. The first-order valence-corrected chi connectivity index (χ1v) is 7.41. The van der Waals surface area contributed by atoms with Gasteiger partial charge in [0, 0.05) is 26.0 Å². The van der Waals surface area contributed by atoms with Crippen molar-refractivity contribution in [3.8, 4) is 0 Å². The van der Waals surface area contributed by atoms with Gasteiger partial charge in [-0.3, -0.25) is 9.78 Å². The summed E-state index contributed by atoms with van der Waals surface area (Å²) in [7, 11) is 1.86. The molecule has 0 aliphatic heterocycles. The van der Waals surface area contributed by atoms with Crippen molar-refractivity contribution in [3.63, 3.8) is 0 Å². The van der Waals surface area contributed by atoms with E-state index in [9.17, 15) is 4.79 Å². The monoisotopic (exact) mass is 282 g/mol. The van der Waals surface area contributed by atoms with E-state index in [0.29, 0.717) is 6.54 Å². The number of amides is 1. The Bertz CT molecular complexity index is 554. The summed E-state index contributed by atoms with van der Waals surface area (Å²) in [5.74, 6) is 0.116. The van der Waals surface area contributed by atoms with E-state index in [2.05, 4.69) is 11.9 Å². The quantitative estimate of drug-likeness (QED) is 0.810. The van der Waals surface area contributed by atoms with Gasteiger partial charge in [-0.25, -0.2) is 0 Å². The van der Waals surface area contributed by atoms with Crippen LogP contribution in [0.4, 0.5) is 0 Å². The van der Waals surface area contributed by atoms with Crippen molar-refractivity contribution in [2.24, 2.45) is 0 Å². The fourth-order valence-electron chi connectivity index (χ4n) is 2.52. The number of carbonyl (C=O) groups excluding carboxylic acids is 1. The van der Waals surface area contributed by atoms with Crippen LogP contribution in [-0.2, 0) is 11.3 Å². The molecule has 0 aliphatic rings. The van der Waals surface area contributed by atoms with Crippen LogP contribution in [-0.4, -0.2) is 22.8 Å². The number of hydrogen-bond donors (Lipinski definition) is 0. The molecule has 2 rings (SSSR count). The van der Waals surface area contributed by atoms with Crippen LogP contribution in [0.2, 0.25) is 0 Å². The molecule has 1 aromatic heterocycles. The maximum Gasteiger partial charge on any atom is 0.230 e. The van der Waals surface area contributed by atoms with Crippen LogP contribution in [0.5, 0.6) is 0 Å². The summed E-state index contributed by atoms with van der Waals surface area (Å²) < 4.78 is 0. The molecule has 0 fully saturated rings. The summed E-state index contributed by atoms with van der Waals surface area (Å²) in [6, 6.07) is 13.9. The SMILES string of the molecule is CCCC(C(=O)N(C)Cc1cccnc1)c1ccccc1. The standard InChI is InChI=1S/C18H22N2O/c1-3-8-17(16-10-5-4-6-11-16)18(21)20(2)14-15-9-7-12-19-13-15/h4-7,9-13,17H,3,8,14H2,1-2H3. The van der Waals surface area contributed by atoms with Gasteiger partial charge in [0.2, 0.25) is 5.91 Å². The van der Waals surface area contributed by atoms with Gasteiger partial charge >= 0.3 is 0 Å². The van der Waals surface area contributed by atoms with E-state index in [0.717, 1.165) is 24.0 Å². The molecule has 3 nitrogen and oxygen atoms in total. The topological polar surface area (TPSA) is 33.2 Å². The Balaban J connectivity index is 2.11. The van der Waals surface area contributed by atoms with Gasteiger partial charge in [-0.2, -0.15) is 0 Å². The zero-order valence-electron chi connectivity index (χ0n) is 12.7. The van der Waals surface area contributed by atoms with Crippen LogP contribution in [0, 0.1) is 0 Å². The second-order valence-electron chi connectivity index (χ2n) is 5.31. The lowest BCUT2D eigenvalue weighted by Crippen LogP contribution is -2.31. The predicted molar refractivity (Wildman–Crippen MR) is 84.8 cm³/mol. The number of nitrogens with zero attached hydrogens (tertiary/aromatic N) is 2. The second-order valence-corrected chi connectivity index (χ2v) is 5.31. The van der Waals surface area contributed by atoms with Crippen LogP contribution >= 0.6 is 0 Å². The van der Waals surface area contributed by atoms with Crippen LogP contribution in [0.1, 0.15) is 36.8 Å². The van der Waals surface area contributed by atoms with Crippen molar-refractivity contribution < 1.29 is 4.79 Å². The van der Waals surface area contributed by atoms with E-state index in [1.807, 2.05) is 49.5 Å². The number of pyridine rings is 1. The molecule has 110 valence electrons. The highest BCUT2D eigenvalue weighted by Crippen LogP contribution is 2.23. The van der Waals surface area contributed by atoms with Crippen molar-refractivity contribution in [3.05, 3.63) is 66.0 Å². The van der Waals surface area contributed by atoms with E-state index in [1.165, 1.54) is 0 Å². The van der Waals surface area contributed by atoms with Crippen molar-refractivity contribution in [2.75, 3.05) is 7.05 Å². The van der Waals surface area contributed by atoms with Gasteiger partial charge in [0.05, 0.1) is 5.92 Å². The smallest absolute Gasteiger partial charge is 0.230 e. The lowest BCUT2D eigenvalue weighted by atomic mass is 9.93. The van der Waals surface area contributed by atoms with Gasteiger partial charge in [-0.15, -0.1) is 0 Å². The third-order valence-corrected chi connectivity index (χ3v) is 3.60. The summed E-state index contributed by atoms with van der Waals surface area (Å²) in [6.45, 7) is 2.71. The highest BCUT2D eigenvalue weighted by Gasteiger charge is 2.22. The molecule has 2 aromatic rings. The molecule has 0 saturated carbocycles. The van der Waals surface area contributed by atoms with Gasteiger partial charge in [0.1, 0.15) is 0 Å². The molecular formula is C18H22N2O. The molecule has 1 heterocycles. The predicted octanol–water partition coefficient (Wildman–Crippen LogP) is 3.62. The van der Waals surface area contributed by atoms with Gasteiger partial charge in [-0.05, 0) is 23.6 Å². The Morgan fingerprint density at radius 1 is 1.19 bits per heavy atom. The molecule has 1 atom stereocenters. The lowest BCUT2D eigenvalue weighted by Gasteiger charge is -2.24. The van der Waals surface area contributed by atoms with Gasteiger partial charge in [-0.1, -0.05) is 49.7 Å². The first-order chi connectivity index (χ1) is 10.2. The summed E-state index contributed by atoms with van der Waals surface area (Å²) in [6.07, 6.45) is 5.42. The molecule has 1 unspecified atom stereocenters. The number of likely N-dealkylation sites (N-methyl/N-ethyl adjacent to an activating group) is 1. The van der Waals surface area contributed by atoms with Crippen LogP contribution in [0.15, 0.2) is 54.9 Å². The van der Waals surface area contributed by atoms with Crippen molar-refractivity contribution in [2.45, 2.75) is 32.2 Å². The molecule has 0 radical (unpaired) electrons.